The van der Waals surface area contributed by atoms with Crippen LogP contribution in [-0.2, 0) is 0 Å². The van der Waals surface area contributed by atoms with Crippen molar-refractivity contribution in [3.63, 3.8) is 0 Å². The molecule has 0 saturated carbocycles. The molecule has 0 spiro atoms. The summed E-state index contributed by atoms with van der Waals surface area (Å²) in [7, 11) is 1.65. The van der Waals surface area contributed by atoms with Crippen molar-refractivity contribution in [2.75, 3.05) is 18.6 Å². The zero-order valence-electron chi connectivity index (χ0n) is 17.0. The van der Waals surface area contributed by atoms with E-state index < -0.39 is 11.7 Å². The highest BCUT2D eigenvalue weighted by molar-refractivity contribution is 7.18. The predicted octanol–water partition coefficient (Wildman–Crippen LogP) is 5.42. The van der Waals surface area contributed by atoms with Crippen molar-refractivity contribution in [3.8, 4) is 16.3 Å². The van der Waals surface area contributed by atoms with Gasteiger partial charge in [-0.3, -0.25) is 9.69 Å². The number of ether oxygens (including phenoxy) is 1. The second-order valence-electron chi connectivity index (χ2n) is 6.82. The zero-order chi connectivity index (χ0) is 21.0. The van der Waals surface area contributed by atoms with E-state index >= 15 is 0 Å². The molecular formula is C22H24FN3O2S. The molecule has 2 aromatic carbocycles. The van der Waals surface area contributed by atoms with Gasteiger partial charge in [-0.1, -0.05) is 36.8 Å². The van der Waals surface area contributed by atoms with E-state index in [-0.39, 0.29) is 5.56 Å². The summed E-state index contributed by atoms with van der Waals surface area (Å²) in [6.45, 7) is 6.46. The summed E-state index contributed by atoms with van der Waals surface area (Å²) in [5.74, 6) is -0.0933. The van der Waals surface area contributed by atoms with Crippen LogP contribution in [0.1, 0.15) is 41.3 Å². The summed E-state index contributed by atoms with van der Waals surface area (Å²) < 4.78 is 19.6. The van der Waals surface area contributed by atoms with Crippen LogP contribution in [0.25, 0.3) is 10.6 Å². The second-order valence-corrected chi connectivity index (χ2v) is 7.78. The van der Waals surface area contributed by atoms with Crippen molar-refractivity contribution < 1.29 is 13.9 Å². The van der Waals surface area contributed by atoms with Gasteiger partial charge < -0.3 is 4.74 Å². The van der Waals surface area contributed by atoms with Gasteiger partial charge in [0.2, 0.25) is 5.13 Å². The van der Waals surface area contributed by atoms with Crippen LogP contribution in [0, 0.1) is 19.7 Å². The van der Waals surface area contributed by atoms with Crippen molar-refractivity contribution in [2.24, 2.45) is 0 Å². The second kappa shape index (κ2) is 9.13. The van der Waals surface area contributed by atoms with E-state index in [1.165, 1.54) is 28.4 Å². The van der Waals surface area contributed by atoms with Crippen molar-refractivity contribution >= 4 is 22.4 Å². The number of unbranched alkanes of at least 4 members (excludes halogenated alkanes) is 1. The Bertz CT molecular complexity index is 996. The van der Waals surface area contributed by atoms with Crippen LogP contribution in [-0.4, -0.2) is 29.8 Å². The van der Waals surface area contributed by atoms with Crippen LogP contribution >= 0.6 is 11.3 Å². The van der Waals surface area contributed by atoms with E-state index in [9.17, 15) is 9.18 Å². The van der Waals surface area contributed by atoms with Crippen LogP contribution in [0.4, 0.5) is 9.52 Å². The molecule has 3 aromatic rings. The number of methoxy groups -OCH3 is 1. The SMILES string of the molecule is CCCCN(C(=O)c1ccccc1F)c1nnc(-c2cc(C)c(OC)c(C)c2)s1. The Balaban J connectivity index is 1.96. The molecule has 152 valence electrons. The zero-order valence-corrected chi connectivity index (χ0v) is 17.8. The largest absolute Gasteiger partial charge is 0.496 e. The number of anilines is 1. The Labute approximate surface area is 174 Å². The summed E-state index contributed by atoms with van der Waals surface area (Å²) in [6.07, 6.45) is 1.69. The van der Waals surface area contributed by atoms with Crippen LogP contribution in [0.15, 0.2) is 36.4 Å². The molecular weight excluding hydrogens is 389 g/mol. The Morgan fingerprint density at radius 2 is 1.86 bits per heavy atom. The van der Waals surface area contributed by atoms with Gasteiger partial charge in [-0.15, -0.1) is 10.2 Å². The van der Waals surface area contributed by atoms with Crippen molar-refractivity contribution in [2.45, 2.75) is 33.6 Å². The monoisotopic (exact) mass is 413 g/mol. The summed E-state index contributed by atoms with van der Waals surface area (Å²) >= 11 is 1.32. The first-order valence-electron chi connectivity index (χ1n) is 9.51. The topological polar surface area (TPSA) is 55.3 Å². The number of hydrogen-bond donors (Lipinski definition) is 0. The lowest BCUT2D eigenvalue weighted by atomic mass is 10.1. The molecule has 0 N–H and O–H groups in total. The van der Waals surface area contributed by atoms with Gasteiger partial charge in [0.15, 0.2) is 0 Å². The van der Waals surface area contributed by atoms with Crippen LogP contribution in [0.5, 0.6) is 5.75 Å². The maximum Gasteiger partial charge on any atom is 0.263 e. The third-order valence-corrected chi connectivity index (χ3v) is 5.64. The molecule has 0 aliphatic carbocycles. The number of carbonyl (C=O) groups excluding carboxylic acids is 1. The molecule has 0 saturated heterocycles. The summed E-state index contributed by atoms with van der Waals surface area (Å²) in [6, 6.07) is 9.99. The Kier molecular flexibility index (Phi) is 6.59. The number of nitrogens with zero attached hydrogens (tertiary/aromatic N) is 3. The first-order valence-corrected chi connectivity index (χ1v) is 10.3. The smallest absolute Gasteiger partial charge is 0.263 e. The highest BCUT2D eigenvalue weighted by atomic mass is 32.1. The molecule has 0 fully saturated rings. The fourth-order valence-electron chi connectivity index (χ4n) is 3.22. The van der Waals surface area contributed by atoms with Crippen LogP contribution in [0.2, 0.25) is 0 Å². The van der Waals surface area contributed by atoms with Gasteiger partial charge in [0, 0.05) is 12.1 Å². The van der Waals surface area contributed by atoms with Crippen molar-refractivity contribution in [1.29, 1.82) is 0 Å². The summed E-state index contributed by atoms with van der Waals surface area (Å²) in [5.41, 5.74) is 2.96. The van der Waals surface area contributed by atoms with E-state index in [1.54, 1.807) is 19.2 Å². The molecule has 0 aliphatic rings. The summed E-state index contributed by atoms with van der Waals surface area (Å²) in [5, 5.41) is 9.71. The maximum atomic E-state index is 14.2. The highest BCUT2D eigenvalue weighted by Crippen LogP contribution is 2.34. The quantitative estimate of drug-likeness (QED) is 0.519. The Morgan fingerprint density at radius 3 is 2.48 bits per heavy atom. The molecule has 5 nitrogen and oxygen atoms in total. The minimum absolute atomic E-state index is 0.0384. The number of benzene rings is 2. The normalized spacial score (nSPS) is 10.8. The van der Waals surface area contributed by atoms with E-state index in [0.29, 0.717) is 16.7 Å². The van der Waals surface area contributed by atoms with E-state index in [4.69, 9.17) is 4.74 Å². The molecule has 0 aliphatic heterocycles. The van der Waals surface area contributed by atoms with E-state index in [0.717, 1.165) is 35.3 Å². The van der Waals surface area contributed by atoms with Crippen molar-refractivity contribution in [1.82, 2.24) is 10.2 Å². The highest BCUT2D eigenvalue weighted by Gasteiger charge is 2.24. The maximum absolute atomic E-state index is 14.2. The van der Waals surface area contributed by atoms with E-state index in [2.05, 4.69) is 10.2 Å². The first kappa shape index (κ1) is 20.9. The lowest BCUT2D eigenvalue weighted by Crippen LogP contribution is -2.32. The number of carbonyl (C=O) groups is 1. The number of amides is 1. The lowest BCUT2D eigenvalue weighted by Gasteiger charge is -2.19. The van der Waals surface area contributed by atoms with Gasteiger partial charge in [0.05, 0.1) is 12.7 Å². The van der Waals surface area contributed by atoms with Crippen LogP contribution < -0.4 is 9.64 Å². The van der Waals surface area contributed by atoms with Crippen molar-refractivity contribution in [3.05, 3.63) is 58.9 Å². The molecule has 0 bridgehead atoms. The molecule has 0 atom stereocenters. The Hall–Kier alpha value is -2.80. The molecule has 0 radical (unpaired) electrons. The van der Waals surface area contributed by atoms with Gasteiger partial charge in [-0.25, -0.2) is 4.39 Å². The molecule has 1 aromatic heterocycles. The fourth-order valence-corrected chi connectivity index (χ4v) is 4.07. The molecule has 29 heavy (non-hydrogen) atoms. The number of aryl methyl sites for hydroxylation is 2. The number of hydrogen-bond acceptors (Lipinski definition) is 5. The fraction of sp³-hybridized carbons (Fsp3) is 0.318. The van der Waals surface area contributed by atoms with Gasteiger partial charge in [0.25, 0.3) is 5.91 Å². The third-order valence-electron chi connectivity index (χ3n) is 4.64. The minimum atomic E-state index is -0.537. The van der Waals surface area contributed by atoms with Gasteiger partial charge in [-0.05, 0) is 55.7 Å². The predicted molar refractivity (Wildman–Crippen MR) is 114 cm³/mol. The molecule has 1 amide bonds. The van der Waals surface area contributed by atoms with E-state index in [1.807, 2.05) is 32.9 Å². The molecule has 7 heteroatoms. The summed E-state index contributed by atoms with van der Waals surface area (Å²) in [4.78, 5) is 14.5. The first-order chi connectivity index (χ1) is 14.0. The standard InChI is InChI=1S/C22H24FN3O2S/c1-5-6-11-26(21(27)17-9-7-8-10-18(17)23)22-25-24-20(29-22)16-12-14(2)19(28-4)15(3)13-16/h7-10,12-13H,5-6,11H2,1-4H3. The average Bonchev–Trinajstić information content (AvgIpc) is 3.18. The molecule has 3 rings (SSSR count). The number of rotatable bonds is 7. The lowest BCUT2D eigenvalue weighted by molar-refractivity contribution is 0.0982. The minimum Gasteiger partial charge on any atom is -0.496 e. The average molecular weight is 414 g/mol. The molecule has 0 unspecified atom stereocenters. The Morgan fingerprint density at radius 1 is 1.17 bits per heavy atom. The van der Waals surface area contributed by atoms with Gasteiger partial charge >= 0.3 is 0 Å². The van der Waals surface area contributed by atoms with Crippen LogP contribution in [0.3, 0.4) is 0 Å². The molecule has 1 heterocycles. The number of halogens is 1. The number of aromatic nitrogens is 2. The third kappa shape index (κ3) is 4.45. The van der Waals surface area contributed by atoms with Gasteiger partial charge in [-0.2, -0.15) is 0 Å². The van der Waals surface area contributed by atoms with Gasteiger partial charge in [0.1, 0.15) is 16.6 Å².